The Balaban J connectivity index is 1.76. The molecule has 140 valence electrons. The van der Waals surface area contributed by atoms with Crippen molar-refractivity contribution in [1.29, 1.82) is 0 Å². The SMILES string of the molecule is Cc1cc2ccc(OC(F)(F)F)cc2n1-c1cccc(C2CC2C(=O)O)n1. The van der Waals surface area contributed by atoms with Crippen molar-refractivity contribution in [2.24, 2.45) is 5.92 Å². The van der Waals surface area contributed by atoms with E-state index >= 15 is 0 Å². The number of aliphatic carboxylic acids is 1. The number of hydrogen-bond donors (Lipinski definition) is 1. The van der Waals surface area contributed by atoms with Gasteiger partial charge < -0.3 is 9.84 Å². The molecule has 27 heavy (non-hydrogen) atoms. The minimum Gasteiger partial charge on any atom is -0.481 e. The highest BCUT2D eigenvalue weighted by Gasteiger charge is 2.45. The van der Waals surface area contributed by atoms with Crippen molar-refractivity contribution in [1.82, 2.24) is 9.55 Å². The maximum Gasteiger partial charge on any atom is 0.573 e. The average molecular weight is 376 g/mol. The smallest absolute Gasteiger partial charge is 0.481 e. The van der Waals surface area contributed by atoms with Crippen LogP contribution in [0, 0.1) is 12.8 Å². The summed E-state index contributed by atoms with van der Waals surface area (Å²) in [4.78, 5) is 15.7. The van der Waals surface area contributed by atoms with Crippen molar-refractivity contribution in [3.05, 3.63) is 53.9 Å². The van der Waals surface area contributed by atoms with Gasteiger partial charge in [0.25, 0.3) is 0 Å². The summed E-state index contributed by atoms with van der Waals surface area (Å²) in [5.41, 5.74) is 2.00. The average Bonchev–Trinajstić information content (AvgIpc) is 3.31. The lowest BCUT2D eigenvalue weighted by molar-refractivity contribution is -0.274. The summed E-state index contributed by atoms with van der Waals surface area (Å²) >= 11 is 0. The third-order valence-corrected chi connectivity index (χ3v) is 4.67. The van der Waals surface area contributed by atoms with E-state index in [1.807, 2.05) is 13.0 Å². The van der Waals surface area contributed by atoms with Gasteiger partial charge in [0.05, 0.1) is 11.4 Å². The Bertz CT molecular complexity index is 1040. The van der Waals surface area contributed by atoms with Crippen molar-refractivity contribution in [2.45, 2.75) is 25.6 Å². The third kappa shape index (κ3) is 3.34. The lowest BCUT2D eigenvalue weighted by Gasteiger charge is -2.11. The molecule has 2 atom stereocenters. The van der Waals surface area contributed by atoms with Crippen molar-refractivity contribution < 1.29 is 27.8 Å². The number of carbonyl (C=O) groups is 1. The van der Waals surface area contributed by atoms with E-state index in [0.717, 1.165) is 11.1 Å². The lowest BCUT2D eigenvalue weighted by atomic mass is 10.2. The van der Waals surface area contributed by atoms with Crippen LogP contribution < -0.4 is 4.74 Å². The second-order valence-electron chi connectivity index (χ2n) is 6.60. The lowest BCUT2D eigenvalue weighted by Crippen LogP contribution is -2.17. The van der Waals surface area contributed by atoms with E-state index in [1.54, 1.807) is 28.8 Å². The Kier molecular flexibility index (Phi) is 3.87. The molecule has 0 aliphatic heterocycles. The zero-order valence-electron chi connectivity index (χ0n) is 14.2. The molecule has 1 N–H and O–H groups in total. The number of rotatable bonds is 4. The van der Waals surface area contributed by atoms with Gasteiger partial charge >= 0.3 is 12.3 Å². The van der Waals surface area contributed by atoms with Crippen molar-refractivity contribution in [3.8, 4) is 11.6 Å². The van der Waals surface area contributed by atoms with Crippen LogP contribution in [0.25, 0.3) is 16.7 Å². The van der Waals surface area contributed by atoms with Crippen LogP contribution in [0.5, 0.6) is 5.75 Å². The number of nitrogens with zero attached hydrogens (tertiary/aromatic N) is 2. The Morgan fingerprint density at radius 3 is 2.70 bits per heavy atom. The molecule has 1 aliphatic rings. The standard InChI is InChI=1S/C19H15F3N2O3/c1-10-7-11-5-6-12(27-19(20,21)22)8-16(11)24(10)17-4-2-3-15(23-17)13-9-14(13)18(25)26/h2-8,13-14H,9H2,1H3,(H,25,26). The molecule has 5 nitrogen and oxygen atoms in total. The second kappa shape index (κ2) is 6.00. The molecule has 0 amide bonds. The highest BCUT2D eigenvalue weighted by molar-refractivity contribution is 5.84. The maximum absolute atomic E-state index is 12.5. The molecule has 8 heteroatoms. The monoisotopic (exact) mass is 376 g/mol. The highest BCUT2D eigenvalue weighted by Crippen LogP contribution is 2.47. The summed E-state index contributed by atoms with van der Waals surface area (Å²) in [5, 5.41) is 9.86. The fourth-order valence-electron chi connectivity index (χ4n) is 3.39. The van der Waals surface area contributed by atoms with Crippen molar-refractivity contribution >= 4 is 16.9 Å². The number of fused-ring (bicyclic) bond motifs is 1. The summed E-state index contributed by atoms with van der Waals surface area (Å²) in [7, 11) is 0. The van der Waals surface area contributed by atoms with E-state index in [2.05, 4.69) is 9.72 Å². The predicted octanol–water partition coefficient (Wildman–Crippen LogP) is 4.42. The zero-order valence-corrected chi connectivity index (χ0v) is 14.2. The Labute approximate surface area is 152 Å². The largest absolute Gasteiger partial charge is 0.573 e. The Hall–Kier alpha value is -3.03. The van der Waals surface area contributed by atoms with Crippen LogP contribution in [-0.4, -0.2) is 27.0 Å². The summed E-state index contributed by atoms with van der Waals surface area (Å²) < 4.78 is 43.4. The van der Waals surface area contributed by atoms with Gasteiger partial charge in [-0.15, -0.1) is 13.2 Å². The van der Waals surface area contributed by atoms with Gasteiger partial charge in [0.2, 0.25) is 0 Å². The first-order valence-electron chi connectivity index (χ1n) is 8.31. The molecule has 2 aromatic heterocycles. The number of ether oxygens (including phenoxy) is 1. The second-order valence-corrected chi connectivity index (χ2v) is 6.60. The molecule has 1 saturated carbocycles. The Morgan fingerprint density at radius 2 is 2.04 bits per heavy atom. The predicted molar refractivity (Wildman–Crippen MR) is 91.0 cm³/mol. The number of carboxylic acids is 1. The number of pyridine rings is 1. The first kappa shape index (κ1) is 17.4. The third-order valence-electron chi connectivity index (χ3n) is 4.67. The quantitative estimate of drug-likeness (QED) is 0.732. The van der Waals surface area contributed by atoms with Crippen LogP contribution in [0.4, 0.5) is 13.2 Å². The van der Waals surface area contributed by atoms with Gasteiger partial charge in [-0.25, -0.2) is 4.98 Å². The molecular formula is C19H15F3N2O3. The van der Waals surface area contributed by atoms with Gasteiger partial charge in [-0.1, -0.05) is 6.07 Å². The summed E-state index contributed by atoms with van der Waals surface area (Å²) in [6.07, 6.45) is -4.23. The molecule has 4 rings (SSSR count). The first-order chi connectivity index (χ1) is 12.7. The molecule has 0 radical (unpaired) electrons. The molecule has 0 spiro atoms. The van der Waals surface area contributed by atoms with Crippen molar-refractivity contribution in [3.63, 3.8) is 0 Å². The molecule has 0 saturated heterocycles. The van der Waals surface area contributed by atoms with Gasteiger partial charge in [-0.2, -0.15) is 0 Å². The van der Waals surface area contributed by atoms with Crippen LogP contribution in [-0.2, 0) is 4.79 Å². The van der Waals surface area contributed by atoms with Crippen LogP contribution in [0.15, 0.2) is 42.5 Å². The van der Waals surface area contributed by atoms with Gasteiger partial charge in [0.15, 0.2) is 0 Å². The molecule has 1 aliphatic carbocycles. The summed E-state index contributed by atoms with van der Waals surface area (Å²) in [5.74, 6) is -1.18. The molecule has 2 heterocycles. The van der Waals surface area contributed by atoms with E-state index in [4.69, 9.17) is 5.11 Å². The fourth-order valence-corrected chi connectivity index (χ4v) is 3.39. The molecule has 3 aromatic rings. The van der Waals surface area contributed by atoms with E-state index in [1.165, 1.54) is 12.1 Å². The van der Waals surface area contributed by atoms with Crippen LogP contribution in [0.2, 0.25) is 0 Å². The molecule has 2 unspecified atom stereocenters. The van der Waals surface area contributed by atoms with Crippen LogP contribution >= 0.6 is 0 Å². The number of hydrogen-bond acceptors (Lipinski definition) is 3. The van der Waals surface area contributed by atoms with Gasteiger partial charge in [-0.3, -0.25) is 9.36 Å². The van der Waals surface area contributed by atoms with Gasteiger partial charge in [0.1, 0.15) is 11.6 Å². The normalized spacial score (nSPS) is 19.3. The van der Waals surface area contributed by atoms with Crippen LogP contribution in [0.1, 0.15) is 23.7 Å². The van der Waals surface area contributed by atoms with E-state index < -0.39 is 18.2 Å². The number of halogens is 3. The number of benzene rings is 1. The topological polar surface area (TPSA) is 64.3 Å². The van der Waals surface area contributed by atoms with Crippen molar-refractivity contribution in [2.75, 3.05) is 0 Å². The van der Waals surface area contributed by atoms with Gasteiger partial charge in [-0.05, 0) is 43.7 Å². The number of aromatic nitrogens is 2. The summed E-state index contributed by atoms with van der Waals surface area (Å²) in [6, 6.07) is 11.3. The van der Waals surface area contributed by atoms with E-state index in [9.17, 15) is 18.0 Å². The van der Waals surface area contributed by atoms with Gasteiger partial charge in [0, 0.05) is 28.8 Å². The maximum atomic E-state index is 12.5. The van der Waals surface area contributed by atoms with E-state index in [-0.39, 0.29) is 11.7 Å². The molecule has 1 fully saturated rings. The minimum atomic E-state index is -4.77. The molecule has 1 aromatic carbocycles. The van der Waals surface area contributed by atoms with Crippen LogP contribution in [0.3, 0.4) is 0 Å². The molecule has 0 bridgehead atoms. The molecular weight excluding hydrogens is 361 g/mol. The highest BCUT2D eigenvalue weighted by atomic mass is 19.4. The first-order valence-corrected chi connectivity index (χ1v) is 8.31. The van der Waals surface area contributed by atoms with E-state index in [0.29, 0.717) is 23.4 Å². The fraction of sp³-hybridized carbons (Fsp3) is 0.263. The number of carboxylic acid groups (broad SMARTS) is 1. The zero-order chi connectivity index (χ0) is 19.3. The Morgan fingerprint density at radius 1 is 1.26 bits per heavy atom. The number of alkyl halides is 3. The minimum absolute atomic E-state index is 0.131. The summed E-state index contributed by atoms with van der Waals surface area (Å²) in [6.45, 7) is 1.83. The number of aryl methyl sites for hydroxylation is 1.